The monoisotopic (exact) mass is 270 g/mol. The number of halogens is 3. The van der Waals surface area contributed by atoms with Crippen molar-refractivity contribution in [1.29, 1.82) is 0 Å². The fraction of sp³-hybridized carbons (Fsp3) is 0.167. The zero-order valence-corrected chi connectivity index (χ0v) is 9.57. The van der Waals surface area contributed by atoms with Crippen LogP contribution in [0.2, 0.25) is 0 Å². The van der Waals surface area contributed by atoms with Gasteiger partial charge in [-0.1, -0.05) is 35.5 Å². The average Bonchev–Trinajstić information content (AvgIpc) is 2.84. The molecule has 2 rings (SSSR count). The van der Waals surface area contributed by atoms with Crippen LogP contribution >= 0.6 is 0 Å². The summed E-state index contributed by atoms with van der Waals surface area (Å²) < 4.78 is 40.7. The molecular weight excluding hydrogens is 261 g/mol. The smallest absolute Gasteiger partial charge is 0.359 e. The molecule has 0 saturated heterocycles. The lowest BCUT2D eigenvalue weighted by Crippen LogP contribution is -2.36. The summed E-state index contributed by atoms with van der Waals surface area (Å²) in [5.41, 5.74) is 1.27. The second kappa shape index (κ2) is 5.13. The maximum Gasteiger partial charge on any atom is 0.471 e. The fourth-order valence-electron chi connectivity index (χ4n) is 1.41. The van der Waals surface area contributed by atoms with Gasteiger partial charge in [-0.15, -0.1) is 0 Å². The van der Waals surface area contributed by atoms with E-state index in [0.717, 1.165) is 5.56 Å². The van der Waals surface area contributed by atoms with Crippen molar-refractivity contribution >= 4 is 5.91 Å². The van der Waals surface area contributed by atoms with Crippen molar-refractivity contribution in [2.24, 2.45) is 0 Å². The van der Waals surface area contributed by atoms with Crippen LogP contribution in [0.15, 0.2) is 40.9 Å². The van der Waals surface area contributed by atoms with Gasteiger partial charge in [0.25, 0.3) is 0 Å². The van der Waals surface area contributed by atoms with Gasteiger partial charge in [-0.3, -0.25) is 4.79 Å². The molecule has 0 atom stereocenters. The highest BCUT2D eigenvalue weighted by molar-refractivity contribution is 5.81. The molecule has 100 valence electrons. The summed E-state index contributed by atoms with van der Waals surface area (Å²) in [6.07, 6.45) is -4.90. The topological polar surface area (TPSA) is 55.1 Å². The zero-order chi connectivity index (χ0) is 13.9. The first-order valence-electron chi connectivity index (χ1n) is 5.33. The molecule has 0 aliphatic carbocycles. The Labute approximate surface area is 106 Å². The highest BCUT2D eigenvalue weighted by Gasteiger charge is 2.38. The molecule has 0 saturated carbocycles. The van der Waals surface area contributed by atoms with Crippen molar-refractivity contribution in [2.75, 3.05) is 0 Å². The number of nitrogens with zero attached hydrogens (tertiary/aromatic N) is 1. The van der Waals surface area contributed by atoms with Crippen LogP contribution in [0.5, 0.6) is 0 Å². The highest BCUT2D eigenvalue weighted by atomic mass is 19.4. The van der Waals surface area contributed by atoms with Crippen LogP contribution in [0.4, 0.5) is 13.2 Å². The first kappa shape index (κ1) is 13.1. The van der Waals surface area contributed by atoms with E-state index in [0.29, 0.717) is 5.69 Å². The van der Waals surface area contributed by atoms with Crippen LogP contribution in [-0.2, 0) is 11.3 Å². The third-order valence-corrected chi connectivity index (χ3v) is 2.31. The van der Waals surface area contributed by atoms with E-state index in [1.165, 1.54) is 6.07 Å². The predicted octanol–water partition coefficient (Wildman–Crippen LogP) is 2.52. The second-order valence-corrected chi connectivity index (χ2v) is 3.72. The Bertz CT molecular complexity index is 564. The van der Waals surface area contributed by atoms with Gasteiger partial charge in [0, 0.05) is 11.6 Å². The third-order valence-electron chi connectivity index (χ3n) is 2.31. The lowest BCUT2D eigenvalue weighted by Gasteiger charge is -2.05. The Hall–Kier alpha value is -2.31. The van der Waals surface area contributed by atoms with Gasteiger partial charge in [-0.05, 0) is 0 Å². The first-order valence-corrected chi connectivity index (χ1v) is 5.33. The molecule has 2 aromatic rings. The molecule has 4 nitrogen and oxygen atoms in total. The van der Waals surface area contributed by atoms with Gasteiger partial charge in [0.1, 0.15) is 5.69 Å². The van der Waals surface area contributed by atoms with Crippen molar-refractivity contribution in [3.63, 3.8) is 0 Å². The largest absolute Gasteiger partial charge is 0.471 e. The number of hydrogen-bond acceptors (Lipinski definition) is 3. The van der Waals surface area contributed by atoms with E-state index in [1.54, 1.807) is 29.6 Å². The van der Waals surface area contributed by atoms with Gasteiger partial charge in [0.2, 0.25) is 0 Å². The Balaban J connectivity index is 2.01. The van der Waals surface area contributed by atoms with Crippen molar-refractivity contribution in [3.05, 3.63) is 42.2 Å². The number of carbonyl (C=O) groups is 1. The summed E-state index contributed by atoms with van der Waals surface area (Å²) in [5, 5.41) is 5.43. The van der Waals surface area contributed by atoms with Gasteiger partial charge >= 0.3 is 12.1 Å². The van der Waals surface area contributed by atoms with E-state index in [-0.39, 0.29) is 12.3 Å². The van der Waals surface area contributed by atoms with Gasteiger partial charge in [0.15, 0.2) is 5.76 Å². The van der Waals surface area contributed by atoms with Crippen molar-refractivity contribution in [3.8, 4) is 11.3 Å². The van der Waals surface area contributed by atoms with Crippen LogP contribution in [0.25, 0.3) is 11.3 Å². The molecule has 7 heteroatoms. The lowest BCUT2D eigenvalue weighted by atomic mass is 10.1. The Kier molecular flexibility index (Phi) is 3.55. The molecule has 0 aliphatic rings. The van der Waals surface area contributed by atoms with Gasteiger partial charge in [-0.2, -0.15) is 13.2 Å². The van der Waals surface area contributed by atoms with Crippen LogP contribution in [0.1, 0.15) is 5.76 Å². The summed E-state index contributed by atoms with van der Waals surface area (Å²) in [4.78, 5) is 10.6. The summed E-state index contributed by atoms with van der Waals surface area (Å²) >= 11 is 0. The van der Waals surface area contributed by atoms with Crippen LogP contribution in [0.3, 0.4) is 0 Å². The minimum Gasteiger partial charge on any atom is -0.359 e. The average molecular weight is 270 g/mol. The number of rotatable bonds is 3. The number of aromatic nitrogens is 1. The van der Waals surface area contributed by atoms with E-state index < -0.39 is 12.1 Å². The summed E-state index contributed by atoms with van der Waals surface area (Å²) in [7, 11) is 0. The van der Waals surface area contributed by atoms with Crippen molar-refractivity contribution < 1.29 is 22.5 Å². The number of alkyl halides is 3. The number of benzene rings is 1. The Morgan fingerprint density at radius 3 is 2.58 bits per heavy atom. The van der Waals surface area contributed by atoms with Crippen molar-refractivity contribution in [1.82, 2.24) is 10.5 Å². The standard InChI is InChI=1S/C12H9F3N2O2/c13-12(14,15)11(18)16-7-9-6-10(17-19-9)8-4-2-1-3-5-8/h1-6H,7H2,(H,16,18). The maximum atomic E-state index is 12.0. The quantitative estimate of drug-likeness (QED) is 0.932. The SMILES string of the molecule is O=C(NCc1cc(-c2ccccc2)no1)C(F)(F)F. The molecule has 0 fully saturated rings. The molecular formula is C12H9F3N2O2. The molecule has 0 radical (unpaired) electrons. The normalized spacial score (nSPS) is 11.3. The molecule has 0 unspecified atom stereocenters. The number of nitrogens with one attached hydrogen (secondary N) is 1. The summed E-state index contributed by atoms with van der Waals surface area (Å²) in [6.45, 7) is -0.363. The second-order valence-electron chi connectivity index (χ2n) is 3.72. The van der Waals surface area contributed by atoms with Gasteiger partial charge < -0.3 is 9.84 Å². The predicted molar refractivity (Wildman–Crippen MR) is 59.8 cm³/mol. The minimum atomic E-state index is -4.90. The van der Waals surface area contributed by atoms with E-state index in [4.69, 9.17) is 4.52 Å². The van der Waals surface area contributed by atoms with Gasteiger partial charge in [0.05, 0.1) is 6.54 Å². The molecule has 1 heterocycles. The van der Waals surface area contributed by atoms with Crippen LogP contribution < -0.4 is 5.32 Å². The number of carbonyl (C=O) groups excluding carboxylic acids is 1. The fourth-order valence-corrected chi connectivity index (χ4v) is 1.41. The highest BCUT2D eigenvalue weighted by Crippen LogP contribution is 2.19. The van der Waals surface area contributed by atoms with Crippen LogP contribution in [-0.4, -0.2) is 17.2 Å². The Morgan fingerprint density at radius 1 is 1.26 bits per heavy atom. The molecule has 19 heavy (non-hydrogen) atoms. The third kappa shape index (κ3) is 3.34. The Morgan fingerprint density at radius 2 is 1.95 bits per heavy atom. The molecule has 0 spiro atoms. The van der Waals surface area contributed by atoms with Crippen LogP contribution in [0, 0.1) is 0 Å². The molecule has 1 aromatic carbocycles. The van der Waals surface area contributed by atoms with E-state index >= 15 is 0 Å². The van der Waals surface area contributed by atoms with E-state index in [2.05, 4.69) is 5.16 Å². The first-order chi connectivity index (χ1) is 8.97. The molecule has 0 aliphatic heterocycles. The van der Waals surface area contributed by atoms with Crippen molar-refractivity contribution in [2.45, 2.75) is 12.7 Å². The van der Waals surface area contributed by atoms with E-state index in [9.17, 15) is 18.0 Å². The molecule has 0 bridgehead atoms. The number of amides is 1. The molecule has 1 amide bonds. The zero-order valence-electron chi connectivity index (χ0n) is 9.57. The lowest BCUT2D eigenvalue weighted by molar-refractivity contribution is -0.173. The molecule has 1 aromatic heterocycles. The van der Waals surface area contributed by atoms with Gasteiger partial charge in [-0.25, -0.2) is 0 Å². The summed E-state index contributed by atoms with van der Waals surface area (Å²) in [5.74, 6) is -1.86. The summed E-state index contributed by atoms with van der Waals surface area (Å²) in [6, 6.07) is 10.5. The molecule has 1 N–H and O–H groups in total. The number of hydrogen-bond donors (Lipinski definition) is 1. The van der Waals surface area contributed by atoms with E-state index in [1.807, 2.05) is 6.07 Å². The maximum absolute atomic E-state index is 12.0. The minimum absolute atomic E-state index is 0.149.